The van der Waals surface area contributed by atoms with E-state index >= 15 is 0 Å². The molecule has 1 aliphatic heterocycles. The Bertz CT molecular complexity index is 1360. The summed E-state index contributed by atoms with van der Waals surface area (Å²) >= 11 is 0. The molecule has 0 bridgehead atoms. The van der Waals surface area contributed by atoms with Gasteiger partial charge in [0.1, 0.15) is 5.82 Å². The second-order valence-corrected chi connectivity index (χ2v) is 8.54. The molecular formula is C28H27N3O2. The summed E-state index contributed by atoms with van der Waals surface area (Å²) in [6.07, 6.45) is 2.03. The normalized spacial score (nSPS) is 15.2. The Morgan fingerprint density at radius 2 is 1.58 bits per heavy atom. The van der Waals surface area contributed by atoms with Crippen LogP contribution >= 0.6 is 0 Å². The minimum atomic E-state index is -0.330. The van der Waals surface area contributed by atoms with E-state index in [1.807, 2.05) is 71.6 Å². The first-order valence-electron chi connectivity index (χ1n) is 11.6. The van der Waals surface area contributed by atoms with E-state index in [0.717, 1.165) is 24.1 Å². The number of hydrogen-bond donors (Lipinski definition) is 0. The lowest BCUT2D eigenvalue weighted by molar-refractivity contribution is -0.119. The summed E-state index contributed by atoms with van der Waals surface area (Å²) < 4.78 is 1.77. The van der Waals surface area contributed by atoms with E-state index in [0.29, 0.717) is 36.2 Å². The Morgan fingerprint density at radius 3 is 2.39 bits per heavy atom. The summed E-state index contributed by atoms with van der Waals surface area (Å²) in [4.78, 5) is 33.6. The Hall–Kier alpha value is -3.73. The highest BCUT2D eigenvalue weighted by Gasteiger charge is 2.37. The molecule has 3 aromatic carbocycles. The van der Waals surface area contributed by atoms with Crippen LogP contribution in [0.1, 0.15) is 36.2 Å². The third-order valence-corrected chi connectivity index (χ3v) is 6.41. The van der Waals surface area contributed by atoms with Crippen molar-refractivity contribution in [3.63, 3.8) is 0 Å². The van der Waals surface area contributed by atoms with Crippen LogP contribution in [0.3, 0.4) is 0 Å². The summed E-state index contributed by atoms with van der Waals surface area (Å²) in [5.41, 5.74) is 3.80. The van der Waals surface area contributed by atoms with Crippen LogP contribution in [0, 0.1) is 0 Å². The maximum Gasteiger partial charge on any atom is 0.261 e. The van der Waals surface area contributed by atoms with E-state index in [1.165, 1.54) is 5.56 Å². The molecule has 1 aromatic heterocycles. The standard InChI is InChI=1S/C28H27N3O2/c1-2-17-30-25-15-9-7-12-21(25)23(28(30)33)19-26-29-24-14-8-6-13-22(24)27(32)31(26)18-16-20-10-4-3-5-11-20/h3-15,23H,2,16-19H2,1H3. The zero-order valence-corrected chi connectivity index (χ0v) is 18.8. The van der Waals surface area contributed by atoms with Gasteiger partial charge in [0.15, 0.2) is 0 Å². The molecule has 0 aliphatic carbocycles. The van der Waals surface area contributed by atoms with Crippen LogP contribution in [-0.4, -0.2) is 22.0 Å². The lowest BCUT2D eigenvalue weighted by Crippen LogP contribution is -2.32. The first-order valence-corrected chi connectivity index (χ1v) is 11.6. The molecular weight excluding hydrogens is 410 g/mol. The number of aryl methyl sites for hydroxylation is 1. The topological polar surface area (TPSA) is 55.2 Å². The van der Waals surface area contributed by atoms with Gasteiger partial charge in [-0.25, -0.2) is 4.98 Å². The quantitative estimate of drug-likeness (QED) is 0.420. The molecule has 1 amide bonds. The minimum Gasteiger partial charge on any atom is -0.312 e. The largest absolute Gasteiger partial charge is 0.312 e. The summed E-state index contributed by atoms with van der Waals surface area (Å²) in [5, 5.41) is 0.611. The third kappa shape index (κ3) is 3.95. The van der Waals surface area contributed by atoms with Crippen LogP contribution in [0.25, 0.3) is 10.9 Å². The number of aromatic nitrogens is 2. The average molecular weight is 438 g/mol. The predicted octanol–water partition coefficient (Wildman–Crippen LogP) is 4.72. The van der Waals surface area contributed by atoms with Gasteiger partial charge in [0.05, 0.1) is 16.8 Å². The maximum atomic E-state index is 13.5. The van der Waals surface area contributed by atoms with Crippen LogP contribution in [0.2, 0.25) is 0 Å². The van der Waals surface area contributed by atoms with Gasteiger partial charge in [-0.05, 0) is 42.2 Å². The molecule has 1 aliphatic rings. The van der Waals surface area contributed by atoms with Crippen LogP contribution in [0.15, 0.2) is 83.7 Å². The van der Waals surface area contributed by atoms with Gasteiger partial charge in [0.25, 0.3) is 5.56 Å². The van der Waals surface area contributed by atoms with E-state index in [2.05, 4.69) is 19.1 Å². The molecule has 0 radical (unpaired) electrons. The maximum absolute atomic E-state index is 13.5. The highest BCUT2D eigenvalue weighted by atomic mass is 16.2. The van der Waals surface area contributed by atoms with Gasteiger partial charge in [-0.3, -0.25) is 14.2 Å². The van der Waals surface area contributed by atoms with Crippen LogP contribution < -0.4 is 10.5 Å². The zero-order chi connectivity index (χ0) is 22.8. The van der Waals surface area contributed by atoms with E-state index < -0.39 is 0 Å². The number of carbonyl (C=O) groups excluding carboxylic acids is 1. The number of rotatable bonds is 7. The van der Waals surface area contributed by atoms with Gasteiger partial charge in [-0.1, -0.05) is 67.6 Å². The van der Waals surface area contributed by atoms with Crippen LogP contribution in [-0.2, 0) is 24.2 Å². The fourth-order valence-corrected chi connectivity index (χ4v) is 4.79. The van der Waals surface area contributed by atoms with Crippen molar-refractivity contribution >= 4 is 22.5 Å². The first-order chi connectivity index (χ1) is 16.2. The second-order valence-electron chi connectivity index (χ2n) is 8.54. The number of nitrogens with zero attached hydrogens (tertiary/aromatic N) is 3. The van der Waals surface area contributed by atoms with Crippen LogP contribution in [0.4, 0.5) is 5.69 Å². The number of hydrogen-bond acceptors (Lipinski definition) is 3. The fourth-order valence-electron chi connectivity index (χ4n) is 4.79. The van der Waals surface area contributed by atoms with E-state index in [9.17, 15) is 9.59 Å². The lowest BCUT2D eigenvalue weighted by atomic mass is 9.96. The van der Waals surface area contributed by atoms with Crippen molar-refractivity contribution in [2.45, 2.75) is 38.6 Å². The molecule has 5 rings (SSSR count). The second kappa shape index (κ2) is 9.02. The third-order valence-electron chi connectivity index (χ3n) is 6.41. The Morgan fingerprint density at radius 1 is 0.848 bits per heavy atom. The summed E-state index contributed by atoms with van der Waals surface area (Å²) in [5.74, 6) is 0.431. The Balaban J connectivity index is 1.56. The molecule has 1 atom stereocenters. The van der Waals surface area contributed by atoms with Gasteiger partial charge in [-0.15, -0.1) is 0 Å². The molecule has 1 unspecified atom stereocenters. The van der Waals surface area contributed by atoms with Crippen LogP contribution in [0.5, 0.6) is 0 Å². The molecule has 0 saturated carbocycles. The molecule has 0 saturated heterocycles. The van der Waals surface area contributed by atoms with E-state index in [1.54, 1.807) is 4.57 Å². The van der Waals surface area contributed by atoms with E-state index in [4.69, 9.17) is 4.98 Å². The average Bonchev–Trinajstić information content (AvgIpc) is 3.11. The first kappa shape index (κ1) is 21.1. The SMILES string of the molecule is CCCN1C(=O)C(Cc2nc3ccccc3c(=O)n2CCc2ccccc2)c2ccccc21. The monoisotopic (exact) mass is 437 g/mol. The zero-order valence-electron chi connectivity index (χ0n) is 18.8. The molecule has 33 heavy (non-hydrogen) atoms. The van der Waals surface area contributed by atoms with Crippen molar-refractivity contribution in [2.24, 2.45) is 0 Å². The predicted molar refractivity (Wildman–Crippen MR) is 132 cm³/mol. The van der Waals surface area contributed by atoms with Crippen molar-refractivity contribution in [2.75, 3.05) is 11.4 Å². The summed E-state index contributed by atoms with van der Waals surface area (Å²) in [6, 6.07) is 25.6. The smallest absolute Gasteiger partial charge is 0.261 e. The highest BCUT2D eigenvalue weighted by Crippen LogP contribution is 2.38. The van der Waals surface area contributed by atoms with Gasteiger partial charge in [0, 0.05) is 25.2 Å². The number of carbonyl (C=O) groups is 1. The molecule has 5 heteroatoms. The van der Waals surface area contributed by atoms with Crippen molar-refractivity contribution in [1.82, 2.24) is 9.55 Å². The van der Waals surface area contributed by atoms with Gasteiger partial charge < -0.3 is 4.90 Å². The number of amides is 1. The number of benzene rings is 3. The molecule has 0 fully saturated rings. The van der Waals surface area contributed by atoms with Crippen molar-refractivity contribution in [3.05, 3.63) is 106 Å². The van der Waals surface area contributed by atoms with Gasteiger partial charge in [0.2, 0.25) is 5.91 Å². The molecule has 5 nitrogen and oxygen atoms in total. The van der Waals surface area contributed by atoms with Gasteiger partial charge in [-0.2, -0.15) is 0 Å². The summed E-state index contributed by atoms with van der Waals surface area (Å²) in [7, 11) is 0. The van der Waals surface area contributed by atoms with Crippen molar-refractivity contribution < 1.29 is 4.79 Å². The number of para-hydroxylation sites is 2. The highest BCUT2D eigenvalue weighted by molar-refractivity contribution is 6.05. The molecule has 4 aromatic rings. The number of anilines is 1. The van der Waals surface area contributed by atoms with Crippen molar-refractivity contribution in [1.29, 1.82) is 0 Å². The Labute approximate surface area is 193 Å². The lowest BCUT2D eigenvalue weighted by Gasteiger charge is -2.18. The molecule has 0 spiro atoms. The number of fused-ring (bicyclic) bond motifs is 2. The summed E-state index contributed by atoms with van der Waals surface area (Å²) in [6.45, 7) is 3.30. The molecule has 2 heterocycles. The fraction of sp³-hybridized carbons (Fsp3) is 0.250. The minimum absolute atomic E-state index is 0.0457. The Kier molecular flexibility index (Phi) is 5.78. The van der Waals surface area contributed by atoms with Gasteiger partial charge >= 0.3 is 0 Å². The van der Waals surface area contributed by atoms with Crippen molar-refractivity contribution in [3.8, 4) is 0 Å². The molecule has 166 valence electrons. The molecule has 0 N–H and O–H groups in total. The van der Waals surface area contributed by atoms with E-state index in [-0.39, 0.29) is 17.4 Å².